The Morgan fingerprint density at radius 1 is 0.800 bits per heavy atom. The molecule has 3 aromatic carbocycles. The zero-order valence-corrected chi connectivity index (χ0v) is 16.5. The van der Waals surface area contributed by atoms with E-state index in [1.807, 2.05) is 0 Å². The molecule has 0 bridgehead atoms. The fraction of sp³-hybridized carbons (Fsp3) is 0.0870. The second-order valence-electron chi connectivity index (χ2n) is 6.12. The first-order valence-corrected chi connectivity index (χ1v) is 9.03. The van der Waals surface area contributed by atoms with Gasteiger partial charge in [0, 0.05) is 5.56 Å². The molecule has 3 rings (SSSR count). The molecule has 0 spiro atoms. The van der Waals surface area contributed by atoms with Crippen LogP contribution in [-0.2, 0) is 0 Å². The number of ether oxygens (including phenoxy) is 3. The highest BCUT2D eigenvalue weighted by atomic mass is 16.5. The summed E-state index contributed by atoms with van der Waals surface area (Å²) in [7, 11) is 3.09. The Bertz CT molecular complexity index is 1060. The molecule has 0 saturated carbocycles. The molecule has 7 nitrogen and oxygen atoms in total. The van der Waals surface area contributed by atoms with Crippen molar-refractivity contribution in [2.75, 3.05) is 14.2 Å². The summed E-state index contributed by atoms with van der Waals surface area (Å²) >= 11 is 0. The molecule has 3 aromatic rings. The number of esters is 1. The lowest BCUT2D eigenvalue weighted by molar-refractivity contribution is 0.0734. The van der Waals surface area contributed by atoms with Crippen LogP contribution in [0.3, 0.4) is 0 Å². The van der Waals surface area contributed by atoms with Gasteiger partial charge in [0.1, 0.15) is 17.2 Å². The van der Waals surface area contributed by atoms with Gasteiger partial charge in [-0.3, -0.25) is 4.79 Å². The third-order valence-corrected chi connectivity index (χ3v) is 4.11. The van der Waals surface area contributed by atoms with Gasteiger partial charge in [-0.05, 0) is 60.2 Å². The molecular formula is C23H20N2O5. The lowest BCUT2D eigenvalue weighted by Gasteiger charge is -2.06. The number of carbonyl (C=O) groups excluding carboxylic acids is 2. The zero-order chi connectivity index (χ0) is 21.3. The molecule has 1 N–H and O–H groups in total. The summed E-state index contributed by atoms with van der Waals surface area (Å²) in [5, 5.41) is 3.95. The first-order valence-electron chi connectivity index (χ1n) is 9.03. The van der Waals surface area contributed by atoms with Crippen molar-refractivity contribution in [3.8, 4) is 17.2 Å². The molecule has 0 fully saturated rings. The van der Waals surface area contributed by atoms with Crippen molar-refractivity contribution in [1.29, 1.82) is 0 Å². The second-order valence-corrected chi connectivity index (χ2v) is 6.12. The number of rotatable bonds is 7. The van der Waals surface area contributed by atoms with Crippen LogP contribution in [0.25, 0.3) is 0 Å². The van der Waals surface area contributed by atoms with E-state index in [0.29, 0.717) is 33.9 Å². The summed E-state index contributed by atoms with van der Waals surface area (Å²) < 4.78 is 15.6. The lowest BCUT2D eigenvalue weighted by atomic mass is 10.2. The molecule has 0 aromatic heterocycles. The van der Waals surface area contributed by atoms with E-state index in [1.165, 1.54) is 13.3 Å². The van der Waals surface area contributed by atoms with E-state index in [9.17, 15) is 9.59 Å². The maximum absolute atomic E-state index is 12.3. The normalized spacial score (nSPS) is 10.5. The zero-order valence-electron chi connectivity index (χ0n) is 16.5. The van der Waals surface area contributed by atoms with E-state index >= 15 is 0 Å². The number of amides is 1. The van der Waals surface area contributed by atoms with Crippen molar-refractivity contribution < 1.29 is 23.8 Å². The molecule has 152 valence electrons. The van der Waals surface area contributed by atoms with Crippen LogP contribution in [0, 0.1) is 0 Å². The molecule has 0 aliphatic rings. The van der Waals surface area contributed by atoms with Gasteiger partial charge in [0.2, 0.25) is 0 Å². The average Bonchev–Trinajstić information content (AvgIpc) is 2.79. The fourth-order valence-electron chi connectivity index (χ4n) is 2.55. The molecule has 30 heavy (non-hydrogen) atoms. The third kappa shape index (κ3) is 5.45. The molecule has 0 unspecified atom stereocenters. The third-order valence-electron chi connectivity index (χ3n) is 4.11. The van der Waals surface area contributed by atoms with Crippen LogP contribution in [0.1, 0.15) is 26.3 Å². The first-order chi connectivity index (χ1) is 14.6. The molecule has 7 heteroatoms. The molecule has 0 saturated heterocycles. The number of carbonyl (C=O) groups is 2. The van der Waals surface area contributed by atoms with Crippen molar-refractivity contribution >= 4 is 18.1 Å². The SMILES string of the molecule is COc1ccc(C(=O)Oc2cccc(C=NNC(=O)c3cccc(OC)c3)c2)cc1. The van der Waals surface area contributed by atoms with Crippen molar-refractivity contribution in [3.63, 3.8) is 0 Å². The topological polar surface area (TPSA) is 86.2 Å². The predicted octanol–water partition coefficient (Wildman–Crippen LogP) is 3.69. The van der Waals surface area contributed by atoms with Crippen LogP contribution in [0.15, 0.2) is 77.9 Å². The van der Waals surface area contributed by atoms with Crippen LogP contribution in [0.5, 0.6) is 17.2 Å². The highest BCUT2D eigenvalue weighted by molar-refractivity contribution is 5.95. The van der Waals surface area contributed by atoms with Gasteiger partial charge < -0.3 is 14.2 Å². The Hall–Kier alpha value is -4.13. The van der Waals surface area contributed by atoms with Crippen molar-refractivity contribution in [2.24, 2.45) is 5.10 Å². The average molecular weight is 404 g/mol. The standard InChI is InChI=1S/C23H20N2O5/c1-28-19-11-9-17(10-12-19)23(27)30-21-8-3-5-16(13-21)15-24-25-22(26)18-6-4-7-20(14-18)29-2/h3-15H,1-2H3,(H,25,26). The van der Waals surface area contributed by atoms with Crippen LogP contribution >= 0.6 is 0 Å². The van der Waals surface area contributed by atoms with Gasteiger partial charge in [-0.2, -0.15) is 5.10 Å². The smallest absolute Gasteiger partial charge is 0.343 e. The molecule has 0 radical (unpaired) electrons. The highest BCUT2D eigenvalue weighted by Crippen LogP contribution is 2.17. The number of nitrogens with one attached hydrogen (secondary N) is 1. The maximum Gasteiger partial charge on any atom is 0.343 e. The van der Waals surface area contributed by atoms with Crippen LogP contribution < -0.4 is 19.6 Å². The lowest BCUT2D eigenvalue weighted by Crippen LogP contribution is -2.17. The first kappa shape index (κ1) is 20.6. The van der Waals surface area contributed by atoms with Gasteiger partial charge in [-0.1, -0.05) is 18.2 Å². The fourth-order valence-corrected chi connectivity index (χ4v) is 2.55. The van der Waals surface area contributed by atoms with E-state index in [4.69, 9.17) is 14.2 Å². The Morgan fingerprint density at radius 3 is 2.23 bits per heavy atom. The number of nitrogens with zero attached hydrogens (tertiary/aromatic N) is 1. The van der Waals surface area contributed by atoms with E-state index in [2.05, 4.69) is 10.5 Å². The van der Waals surface area contributed by atoms with Gasteiger partial charge in [0.25, 0.3) is 5.91 Å². The number of hydrogen-bond acceptors (Lipinski definition) is 6. The minimum absolute atomic E-state index is 0.360. The summed E-state index contributed by atoms with van der Waals surface area (Å²) in [6.07, 6.45) is 1.46. The summed E-state index contributed by atoms with van der Waals surface area (Å²) in [5.74, 6) is 0.739. The predicted molar refractivity (Wildman–Crippen MR) is 112 cm³/mol. The summed E-state index contributed by atoms with van der Waals surface area (Å²) in [4.78, 5) is 24.4. The Balaban J connectivity index is 1.61. The van der Waals surface area contributed by atoms with Crippen LogP contribution in [0.4, 0.5) is 0 Å². The maximum atomic E-state index is 12.3. The van der Waals surface area contributed by atoms with Gasteiger partial charge >= 0.3 is 5.97 Å². The highest BCUT2D eigenvalue weighted by Gasteiger charge is 2.09. The van der Waals surface area contributed by atoms with Crippen LogP contribution in [-0.4, -0.2) is 32.3 Å². The molecule has 0 aliphatic heterocycles. The van der Waals surface area contributed by atoms with Gasteiger partial charge in [0.15, 0.2) is 0 Å². The molecule has 1 amide bonds. The number of methoxy groups -OCH3 is 2. The molecule has 0 aliphatic carbocycles. The van der Waals surface area contributed by atoms with E-state index in [0.717, 1.165) is 0 Å². The Labute approximate surface area is 173 Å². The number of hydrogen-bond donors (Lipinski definition) is 1. The van der Waals surface area contributed by atoms with E-state index in [1.54, 1.807) is 79.9 Å². The quantitative estimate of drug-likeness (QED) is 0.281. The molecule has 0 atom stereocenters. The van der Waals surface area contributed by atoms with Crippen LogP contribution in [0.2, 0.25) is 0 Å². The summed E-state index contributed by atoms with van der Waals surface area (Å²) in [5.41, 5.74) is 3.93. The second kappa shape index (κ2) is 9.88. The molecular weight excluding hydrogens is 384 g/mol. The molecule has 0 heterocycles. The minimum atomic E-state index is -0.488. The number of hydrazone groups is 1. The monoisotopic (exact) mass is 404 g/mol. The Kier molecular flexibility index (Phi) is 6.78. The van der Waals surface area contributed by atoms with Gasteiger partial charge in [0.05, 0.1) is 26.0 Å². The minimum Gasteiger partial charge on any atom is -0.497 e. The van der Waals surface area contributed by atoms with E-state index in [-0.39, 0.29) is 5.91 Å². The Morgan fingerprint density at radius 2 is 1.50 bits per heavy atom. The largest absolute Gasteiger partial charge is 0.497 e. The number of benzene rings is 3. The van der Waals surface area contributed by atoms with Crippen molar-refractivity contribution in [1.82, 2.24) is 5.43 Å². The van der Waals surface area contributed by atoms with E-state index < -0.39 is 5.97 Å². The van der Waals surface area contributed by atoms with Gasteiger partial charge in [-0.25, -0.2) is 10.2 Å². The van der Waals surface area contributed by atoms with Gasteiger partial charge in [-0.15, -0.1) is 0 Å². The summed E-state index contributed by atoms with van der Waals surface area (Å²) in [6, 6.07) is 20.2. The van der Waals surface area contributed by atoms with Crippen molar-refractivity contribution in [2.45, 2.75) is 0 Å². The summed E-state index contributed by atoms with van der Waals surface area (Å²) in [6.45, 7) is 0. The van der Waals surface area contributed by atoms with Crippen molar-refractivity contribution in [3.05, 3.63) is 89.5 Å².